The molecule has 142 valence electrons. The number of aryl methyl sites for hydroxylation is 2. The molecule has 0 atom stereocenters. The van der Waals surface area contributed by atoms with Crippen LogP contribution in [0.15, 0.2) is 17.1 Å². The Morgan fingerprint density at radius 2 is 1.88 bits per heavy atom. The van der Waals surface area contributed by atoms with Crippen molar-refractivity contribution in [1.82, 2.24) is 19.4 Å². The van der Waals surface area contributed by atoms with E-state index in [1.165, 1.54) is 25.7 Å². The van der Waals surface area contributed by atoms with Gasteiger partial charge in [0.2, 0.25) is 0 Å². The zero-order chi connectivity index (χ0) is 18.7. The molecule has 0 unspecified atom stereocenters. The van der Waals surface area contributed by atoms with Crippen molar-refractivity contribution in [3.63, 3.8) is 0 Å². The Balaban J connectivity index is 1.64. The van der Waals surface area contributed by atoms with Crippen LogP contribution in [0.1, 0.15) is 56.1 Å². The fourth-order valence-corrected chi connectivity index (χ4v) is 5.29. The number of rotatable bonds is 6. The van der Waals surface area contributed by atoms with Crippen molar-refractivity contribution in [3.05, 3.63) is 39.1 Å². The van der Waals surface area contributed by atoms with Crippen LogP contribution in [-0.2, 0) is 6.42 Å². The number of hydrogen-bond donors (Lipinski definition) is 0. The molecular formula is C20H30N4OS. The van der Waals surface area contributed by atoms with Crippen molar-refractivity contribution >= 4 is 11.3 Å². The lowest BCUT2D eigenvalue weighted by molar-refractivity contribution is 0.148. The van der Waals surface area contributed by atoms with E-state index in [-0.39, 0.29) is 5.56 Å². The van der Waals surface area contributed by atoms with E-state index < -0.39 is 0 Å². The van der Waals surface area contributed by atoms with Crippen molar-refractivity contribution in [1.29, 1.82) is 0 Å². The van der Waals surface area contributed by atoms with E-state index in [9.17, 15) is 4.79 Å². The second kappa shape index (κ2) is 8.44. The van der Waals surface area contributed by atoms with E-state index in [1.54, 1.807) is 22.0 Å². The van der Waals surface area contributed by atoms with E-state index in [2.05, 4.69) is 28.7 Å². The van der Waals surface area contributed by atoms with Crippen molar-refractivity contribution < 1.29 is 0 Å². The summed E-state index contributed by atoms with van der Waals surface area (Å²) in [5.41, 5.74) is 0.739. The molecule has 0 aromatic carbocycles. The summed E-state index contributed by atoms with van der Waals surface area (Å²) in [5.74, 6) is 1.44. The highest BCUT2D eigenvalue weighted by atomic mass is 32.1. The van der Waals surface area contributed by atoms with Gasteiger partial charge in [-0.3, -0.25) is 9.36 Å². The lowest BCUT2D eigenvalue weighted by Crippen LogP contribution is -2.38. The average Bonchev–Trinajstić information content (AvgIpc) is 3.04. The highest BCUT2D eigenvalue weighted by Crippen LogP contribution is 2.31. The van der Waals surface area contributed by atoms with Crippen LogP contribution >= 0.6 is 11.3 Å². The van der Waals surface area contributed by atoms with E-state index in [0.717, 1.165) is 53.0 Å². The third-order valence-corrected chi connectivity index (χ3v) is 6.59. The Morgan fingerprint density at radius 1 is 1.19 bits per heavy atom. The molecule has 0 radical (unpaired) electrons. The first-order valence-corrected chi connectivity index (χ1v) is 10.6. The maximum Gasteiger partial charge on any atom is 0.258 e. The van der Waals surface area contributed by atoms with Crippen LogP contribution in [0, 0.1) is 19.8 Å². The first-order chi connectivity index (χ1) is 12.5. The Hall–Kier alpha value is -1.53. The summed E-state index contributed by atoms with van der Waals surface area (Å²) in [4.78, 5) is 23.9. The summed E-state index contributed by atoms with van der Waals surface area (Å²) in [7, 11) is 0. The maximum absolute atomic E-state index is 12.3. The molecule has 0 N–H and O–H groups in total. The van der Waals surface area contributed by atoms with Gasteiger partial charge in [-0.15, -0.1) is 11.3 Å². The molecule has 6 heteroatoms. The number of aromatic nitrogens is 3. The fraction of sp³-hybridized carbons (Fsp3) is 0.650. The molecule has 1 aliphatic rings. The summed E-state index contributed by atoms with van der Waals surface area (Å²) >= 11 is 1.63. The third kappa shape index (κ3) is 4.23. The van der Waals surface area contributed by atoms with Gasteiger partial charge in [-0.25, -0.2) is 9.97 Å². The molecule has 3 rings (SSSR count). The van der Waals surface area contributed by atoms with Gasteiger partial charge in [0, 0.05) is 24.2 Å². The van der Waals surface area contributed by atoms with Gasteiger partial charge < -0.3 is 4.90 Å². The smallest absolute Gasteiger partial charge is 0.258 e. The molecule has 26 heavy (non-hydrogen) atoms. The Bertz CT molecular complexity index is 785. The van der Waals surface area contributed by atoms with E-state index in [0.29, 0.717) is 0 Å². The Labute approximate surface area is 160 Å². The molecule has 0 spiro atoms. The van der Waals surface area contributed by atoms with Gasteiger partial charge in [-0.05, 0) is 58.5 Å². The maximum atomic E-state index is 12.3. The normalized spacial score (nSPS) is 20.7. The van der Waals surface area contributed by atoms with Crippen LogP contribution in [0.3, 0.4) is 0 Å². The van der Waals surface area contributed by atoms with Crippen LogP contribution in [0.2, 0.25) is 0 Å². The van der Waals surface area contributed by atoms with Crippen molar-refractivity contribution in [3.8, 4) is 5.00 Å². The fourth-order valence-electron chi connectivity index (χ4n) is 4.21. The van der Waals surface area contributed by atoms with Gasteiger partial charge in [0.05, 0.1) is 11.2 Å². The first kappa shape index (κ1) is 19.2. The van der Waals surface area contributed by atoms with Gasteiger partial charge in [0.1, 0.15) is 10.8 Å². The van der Waals surface area contributed by atoms with Gasteiger partial charge >= 0.3 is 0 Å². The Morgan fingerprint density at radius 3 is 2.50 bits per heavy atom. The first-order valence-electron chi connectivity index (χ1n) is 9.78. The van der Waals surface area contributed by atoms with E-state index in [4.69, 9.17) is 0 Å². The van der Waals surface area contributed by atoms with Crippen molar-refractivity contribution in [2.24, 2.45) is 5.92 Å². The number of thiazole rings is 1. The number of hydrogen-bond acceptors (Lipinski definition) is 5. The minimum absolute atomic E-state index is 0.0232. The average molecular weight is 375 g/mol. The van der Waals surface area contributed by atoms with E-state index >= 15 is 0 Å². The quantitative estimate of drug-likeness (QED) is 0.773. The van der Waals surface area contributed by atoms with Gasteiger partial charge in [0.15, 0.2) is 0 Å². The van der Waals surface area contributed by atoms with Gasteiger partial charge in [-0.2, -0.15) is 0 Å². The molecule has 1 saturated carbocycles. The molecule has 0 bridgehead atoms. The second-order valence-electron chi connectivity index (χ2n) is 7.31. The van der Waals surface area contributed by atoms with E-state index in [1.807, 2.05) is 20.0 Å². The summed E-state index contributed by atoms with van der Waals surface area (Å²) in [6, 6.07) is 2.34. The zero-order valence-electron chi connectivity index (χ0n) is 16.4. The van der Waals surface area contributed by atoms with Gasteiger partial charge in [-0.1, -0.05) is 13.8 Å². The van der Waals surface area contributed by atoms with Gasteiger partial charge in [0.25, 0.3) is 5.56 Å². The summed E-state index contributed by atoms with van der Waals surface area (Å²) in [6.07, 6.45) is 8.01. The summed E-state index contributed by atoms with van der Waals surface area (Å²) in [5, 5.41) is 2.02. The largest absolute Gasteiger partial charge is 0.301 e. The highest BCUT2D eigenvalue weighted by Gasteiger charge is 2.25. The van der Waals surface area contributed by atoms with Crippen LogP contribution < -0.4 is 5.56 Å². The summed E-state index contributed by atoms with van der Waals surface area (Å²) < 4.78 is 1.67. The molecule has 0 saturated heterocycles. The standard InChI is InChI=1S/C20H30N4OS/c1-5-23(6-2)17-9-7-16(8-10-17)12-18-21-13-20(26-18)24-15(4)22-14(3)11-19(24)25/h11,13,16-17H,5-10,12H2,1-4H3. The van der Waals surface area contributed by atoms with Crippen LogP contribution in [-0.4, -0.2) is 38.6 Å². The summed E-state index contributed by atoms with van der Waals surface area (Å²) in [6.45, 7) is 10.6. The topological polar surface area (TPSA) is 51.0 Å². The molecule has 1 aliphatic carbocycles. The molecule has 0 aliphatic heterocycles. The second-order valence-corrected chi connectivity index (χ2v) is 8.40. The highest BCUT2D eigenvalue weighted by molar-refractivity contribution is 7.14. The van der Waals surface area contributed by atoms with Crippen molar-refractivity contribution in [2.75, 3.05) is 13.1 Å². The van der Waals surface area contributed by atoms with Crippen LogP contribution in [0.4, 0.5) is 0 Å². The lowest BCUT2D eigenvalue weighted by atomic mass is 9.83. The SMILES string of the molecule is CCN(CC)C1CCC(Cc2ncc(-n3c(C)nc(C)cc3=O)s2)CC1. The monoisotopic (exact) mass is 374 g/mol. The lowest BCUT2D eigenvalue weighted by Gasteiger charge is -2.35. The predicted octanol–water partition coefficient (Wildman–Crippen LogP) is 3.75. The molecule has 2 aromatic rings. The molecule has 5 nitrogen and oxygen atoms in total. The minimum Gasteiger partial charge on any atom is -0.301 e. The Kier molecular flexibility index (Phi) is 6.24. The predicted molar refractivity (Wildman–Crippen MR) is 107 cm³/mol. The molecular weight excluding hydrogens is 344 g/mol. The molecule has 2 aromatic heterocycles. The minimum atomic E-state index is -0.0232. The molecule has 1 fully saturated rings. The molecule has 0 amide bonds. The van der Waals surface area contributed by atoms with Crippen LogP contribution in [0.5, 0.6) is 0 Å². The zero-order valence-corrected chi connectivity index (χ0v) is 17.2. The van der Waals surface area contributed by atoms with Crippen molar-refractivity contribution in [2.45, 2.75) is 65.8 Å². The third-order valence-electron chi connectivity index (χ3n) is 5.58. The van der Waals surface area contributed by atoms with Crippen LogP contribution in [0.25, 0.3) is 5.00 Å². The number of nitrogens with zero attached hydrogens (tertiary/aromatic N) is 4. The molecule has 2 heterocycles.